The van der Waals surface area contributed by atoms with Crippen LogP contribution in [0.4, 0.5) is 5.82 Å². The molecule has 0 fully saturated rings. The maximum atomic E-state index is 5.94. The third-order valence-electron chi connectivity index (χ3n) is 2.43. The zero-order valence-corrected chi connectivity index (χ0v) is 11.7. The summed E-state index contributed by atoms with van der Waals surface area (Å²) < 4.78 is 0. The summed E-state index contributed by atoms with van der Waals surface area (Å²) >= 11 is 7.41. The van der Waals surface area contributed by atoms with Crippen LogP contribution in [0.1, 0.15) is 18.5 Å². The molecule has 2 aromatic heterocycles. The largest absolute Gasteiger partial charge is 0.363 e. The van der Waals surface area contributed by atoms with E-state index < -0.39 is 0 Å². The van der Waals surface area contributed by atoms with Crippen molar-refractivity contribution in [2.75, 3.05) is 11.6 Å². The van der Waals surface area contributed by atoms with Gasteiger partial charge >= 0.3 is 0 Å². The lowest BCUT2D eigenvalue weighted by atomic mass is 10.1. The second kappa shape index (κ2) is 6.02. The van der Waals surface area contributed by atoms with Crippen LogP contribution in [-0.2, 0) is 0 Å². The van der Waals surface area contributed by atoms with Crippen LogP contribution in [0.25, 0.3) is 0 Å². The normalized spacial score (nSPS) is 12.2. The fourth-order valence-corrected chi connectivity index (χ4v) is 2.13. The lowest BCUT2D eigenvalue weighted by molar-refractivity contribution is 0.853. The topological polar surface area (TPSA) is 50.7 Å². The Kier molecular flexibility index (Phi) is 4.38. The van der Waals surface area contributed by atoms with Crippen molar-refractivity contribution in [3.63, 3.8) is 0 Å². The number of hydrogen-bond donors (Lipinski definition) is 1. The van der Waals surface area contributed by atoms with Crippen molar-refractivity contribution >= 4 is 29.2 Å². The molecule has 2 heterocycles. The van der Waals surface area contributed by atoms with Crippen LogP contribution in [0.15, 0.2) is 35.7 Å². The number of nitrogens with one attached hydrogen (secondary N) is 1. The monoisotopic (exact) mass is 280 g/mol. The molecule has 0 saturated heterocycles. The maximum Gasteiger partial charge on any atom is 0.190 e. The van der Waals surface area contributed by atoms with Crippen LogP contribution < -0.4 is 5.32 Å². The Bertz CT molecular complexity index is 521. The molecular formula is C12H13ClN4S. The molecule has 1 unspecified atom stereocenters. The third kappa shape index (κ3) is 3.34. The lowest BCUT2D eigenvalue weighted by Crippen LogP contribution is -2.08. The smallest absolute Gasteiger partial charge is 0.190 e. The molecule has 18 heavy (non-hydrogen) atoms. The van der Waals surface area contributed by atoms with E-state index in [4.69, 9.17) is 11.6 Å². The third-order valence-corrected chi connectivity index (χ3v) is 3.17. The van der Waals surface area contributed by atoms with E-state index in [0.717, 1.165) is 11.4 Å². The molecule has 0 aliphatic rings. The minimum atomic E-state index is 0.133. The Morgan fingerprint density at radius 1 is 1.28 bits per heavy atom. The molecule has 1 atom stereocenters. The number of rotatable bonds is 4. The molecule has 0 saturated carbocycles. The van der Waals surface area contributed by atoms with Gasteiger partial charge in [0, 0.05) is 18.5 Å². The van der Waals surface area contributed by atoms with Gasteiger partial charge in [0.1, 0.15) is 11.0 Å². The zero-order valence-electron chi connectivity index (χ0n) is 10.1. The summed E-state index contributed by atoms with van der Waals surface area (Å²) in [5.74, 6) is 0.726. The summed E-state index contributed by atoms with van der Waals surface area (Å²) in [6.07, 6.45) is 5.46. The Morgan fingerprint density at radius 3 is 2.67 bits per heavy atom. The second-order valence-corrected chi connectivity index (χ2v) is 4.87. The van der Waals surface area contributed by atoms with E-state index in [1.165, 1.54) is 11.8 Å². The number of halogens is 1. The van der Waals surface area contributed by atoms with E-state index in [-0.39, 0.29) is 6.04 Å². The standard InChI is InChI=1S/C12H13ClN4S/c1-8(9-3-5-14-6-4-9)15-11-7-10(13)16-12(17-11)18-2/h3-8H,1-2H3,(H,15,16,17). The minimum Gasteiger partial charge on any atom is -0.363 e. The first kappa shape index (κ1) is 13.1. The molecule has 0 radical (unpaired) electrons. The summed E-state index contributed by atoms with van der Waals surface area (Å²) in [4.78, 5) is 12.5. The molecule has 2 aromatic rings. The van der Waals surface area contributed by atoms with E-state index in [1.54, 1.807) is 18.5 Å². The van der Waals surface area contributed by atoms with Gasteiger partial charge in [-0.3, -0.25) is 4.98 Å². The van der Waals surface area contributed by atoms with Crippen LogP contribution in [0.2, 0.25) is 5.15 Å². The van der Waals surface area contributed by atoms with Gasteiger partial charge in [-0.25, -0.2) is 9.97 Å². The molecule has 0 bridgehead atoms. The molecular weight excluding hydrogens is 268 g/mol. The van der Waals surface area contributed by atoms with Gasteiger partial charge in [-0.05, 0) is 30.9 Å². The van der Waals surface area contributed by atoms with Crippen LogP contribution in [0.3, 0.4) is 0 Å². The van der Waals surface area contributed by atoms with Gasteiger partial charge in [-0.2, -0.15) is 0 Å². The average molecular weight is 281 g/mol. The summed E-state index contributed by atoms with van der Waals surface area (Å²) in [5.41, 5.74) is 1.14. The first-order valence-corrected chi connectivity index (χ1v) is 7.04. The van der Waals surface area contributed by atoms with E-state index in [9.17, 15) is 0 Å². The lowest BCUT2D eigenvalue weighted by Gasteiger charge is -2.15. The van der Waals surface area contributed by atoms with Crippen LogP contribution >= 0.6 is 23.4 Å². The second-order valence-electron chi connectivity index (χ2n) is 3.71. The van der Waals surface area contributed by atoms with Crippen molar-refractivity contribution in [3.8, 4) is 0 Å². The van der Waals surface area contributed by atoms with E-state index in [2.05, 4.69) is 27.2 Å². The molecule has 0 spiro atoms. The number of nitrogens with zero attached hydrogens (tertiary/aromatic N) is 3. The highest BCUT2D eigenvalue weighted by Crippen LogP contribution is 2.21. The summed E-state index contributed by atoms with van der Waals surface area (Å²) in [6, 6.07) is 5.79. The maximum absolute atomic E-state index is 5.94. The predicted octanol–water partition coefficient (Wildman–Crippen LogP) is 3.42. The van der Waals surface area contributed by atoms with Crippen molar-refractivity contribution in [1.29, 1.82) is 0 Å². The van der Waals surface area contributed by atoms with Crippen molar-refractivity contribution < 1.29 is 0 Å². The first-order valence-electron chi connectivity index (χ1n) is 5.44. The highest BCUT2D eigenvalue weighted by molar-refractivity contribution is 7.98. The summed E-state index contributed by atoms with van der Waals surface area (Å²) in [7, 11) is 0. The van der Waals surface area contributed by atoms with Crippen LogP contribution in [0, 0.1) is 0 Å². The number of thioether (sulfide) groups is 1. The SMILES string of the molecule is CSc1nc(Cl)cc(NC(C)c2ccncc2)n1. The molecule has 4 nitrogen and oxygen atoms in total. The Hall–Kier alpha value is -1.33. The van der Waals surface area contributed by atoms with Gasteiger partial charge in [-0.1, -0.05) is 23.4 Å². The van der Waals surface area contributed by atoms with Gasteiger partial charge < -0.3 is 5.32 Å². The molecule has 2 rings (SSSR count). The highest BCUT2D eigenvalue weighted by atomic mass is 35.5. The number of hydrogen-bond acceptors (Lipinski definition) is 5. The molecule has 6 heteroatoms. The van der Waals surface area contributed by atoms with Gasteiger partial charge in [0.25, 0.3) is 0 Å². The summed E-state index contributed by atoms with van der Waals surface area (Å²) in [5, 5.41) is 4.40. The van der Waals surface area contributed by atoms with Crippen LogP contribution in [-0.4, -0.2) is 21.2 Å². The van der Waals surface area contributed by atoms with E-state index >= 15 is 0 Å². The van der Waals surface area contributed by atoms with Gasteiger partial charge in [-0.15, -0.1) is 0 Å². The Labute approximate surface area is 115 Å². The number of pyridine rings is 1. The Morgan fingerprint density at radius 2 is 2.00 bits per heavy atom. The molecule has 0 aliphatic carbocycles. The van der Waals surface area contributed by atoms with Gasteiger partial charge in [0.2, 0.25) is 0 Å². The van der Waals surface area contributed by atoms with Crippen molar-refractivity contribution in [1.82, 2.24) is 15.0 Å². The molecule has 94 valence electrons. The van der Waals surface area contributed by atoms with Crippen molar-refractivity contribution in [3.05, 3.63) is 41.3 Å². The Balaban J connectivity index is 2.16. The van der Waals surface area contributed by atoms with Gasteiger partial charge in [0.05, 0.1) is 6.04 Å². The molecule has 0 aromatic carbocycles. The predicted molar refractivity (Wildman–Crippen MR) is 75.1 cm³/mol. The quantitative estimate of drug-likeness (QED) is 0.528. The fourth-order valence-electron chi connectivity index (χ4n) is 1.52. The van der Waals surface area contributed by atoms with Crippen molar-refractivity contribution in [2.24, 2.45) is 0 Å². The van der Waals surface area contributed by atoms with Crippen molar-refractivity contribution in [2.45, 2.75) is 18.1 Å². The fraction of sp³-hybridized carbons (Fsp3) is 0.250. The van der Waals surface area contributed by atoms with E-state index in [1.807, 2.05) is 18.4 Å². The minimum absolute atomic E-state index is 0.133. The average Bonchev–Trinajstić information content (AvgIpc) is 2.39. The first-order chi connectivity index (χ1) is 8.69. The molecule has 0 amide bonds. The highest BCUT2D eigenvalue weighted by Gasteiger charge is 2.08. The van der Waals surface area contributed by atoms with Crippen LogP contribution in [0.5, 0.6) is 0 Å². The number of anilines is 1. The molecule has 1 N–H and O–H groups in total. The number of aromatic nitrogens is 3. The summed E-state index contributed by atoms with van der Waals surface area (Å²) in [6.45, 7) is 2.06. The van der Waals surface area contributed by atoms with E-state index in [0.29, 0.717) is 10.3 Å². The molecule has 0 aliphatic heterocycles. The zero-order chi connectivity index (χ0) is 13.0. The van der Waals surface area contributed by atoms with Gasteiger partial charge in [0.15, 0.2) is 5.16 Å².